The van der Waals surface area contributed by atoms with Crippen LogP contribution in [0.25, 0.3) is 11.0 Å². The number of rotatable bonds is 3. The molecular weight excluding hydrogens is 248 g/mol. The maximum Gasteiger partial charge on any atom is 0.262 e. The molecule has 2 N–H and O–H groups in total. The van der Waals surface area contributed by atoms with Gasteiger partial charge in [-0.1, -0.05) is 15.9 Å². The third kappa shape index (κ3) is 1.73. The second-order valence-electron chi connectivity index (χ2n) is 2.77. The van der Waals surface area contributed by atoms with Gasteiger partial charge in [0.15, 0.2) is 5.58 Å². The number of ether oxygens (including phenoxy) is 1. The van der Waals surface area contributed by atoms with E-state index in [-0.39, 0.29) is 0 Å². The van der Waals surface area contributed by atoms with E-state index in [2.05, 4.69) is 21.1 Å². The second-order valence-corrected chi connectivity index (χ2v) is 3.68. The molecule has 0 saturated heterocycles. The first-order chi connectivity index (χ1) is 6.81. The van der Waals surface area contributed by atoms with Crippen molar-refractivity contribution in [3.63, 3.8) is 0 Å². The summed E-state index contributed by atoms with van der Waals surface area (Å²) in [6.45, 7) is 0.899. The van der Waals surface area contributed by atoms with Crippen LogP contribution in [-0.4, -0.2) is 18.3 Å². The van der Waals surface area contributed by atoms with Crippen LogP contribution in [0.4, 0.5) is 0 Å². The molecule has 74 valence electrons. The SMILES string of the molecule is NCCOc1noc2ccc(Br)cc12. The summed E-state index contributed by atoms with van der Waals surface area (Å²) >= 11 is 3.37. The molecule has 0 fully saturated rings. The first-order valence-electron chi connectivity index (χ1n) is 4.19. The maximum absolute atomic E-state index is 5.33. The number of aromatic nitrogens is 1. The van der Waals surface area contributed by atoms with E-state index in [1.165, 1.54) is 0 Å². The normalized spacial score (nSPS) is 10.7. The molecule has 4 nitrogen and oxygen atoms in total. The van der Waals surface area contributed by atoms with E-state index in [1.807, 2.05) is 18.2 Å². The second kappa shape index (κ2) is 3.98. The van der Waals surface area contributed by atoms with Crippen molar-refractivity contribution >= 4 is 26.9 Å². The maximum atomic E-state index is 5.33. The summed E-state index contributed by atoms with van der Waals surface area (Å²) in [7, 11) is 0. The molecule has 0 aliphatic heterocycles. The van der Waals surface area contributed by atoms with Gasteiger partial charge in [0.25, 0.3) is 5.88 Å². The zero-order valence-electron chi connectivity index (χ0n) is 7.37. The molecule has 0 bridgehead atoms. The van der Waals surface area contributed by atoms with Crippen LogP contribution >= 0.6 is 15.9 Å². The minimum absolute atomic E-state index is 0.439. The molecule has 1 aromatic carbocycles. The lowest BCUT2D eigenvalue weighted by molar-refractivity contribution is 0.293. The van der Waals surface area contributed by atoms with Crippen LogP contribution in [0.3, 0.4) is 0 Å². The molecular formula is C9H9BrN2O2. The zero-order chi connectivity index (χ0) is 9.97. The van der Waals surface area contributed by atoms with Crippen LogP contribution < -0.4 is 10.5 Å². The molecule has 2 rings (SSSR count). The van der Waals surface area contributed by atoms with Gasteiger partial charge in [-0.25, -0.2) is 0 Å². The van der Waals surface area contributed by atoms with Gasteiger partial charge in [0.2, 0.25) is 0 Å². The van der Waals surface area contributed by atoms with E-state index in [4.69, 9.17) is 15.0 Å². The first kappa shape index (κ1) is 9.48. The quantitative estimate of drug-likeness (QED) is 0.912. The van der Waals surface area contributed by atoms with Crippen molar-refractivity contribution in [2.45, 2.75) is 0 Å². The molecule has 14 heavy (non-hydrogen) atoms. The number of halogens is 1. The summed E-state index contributed by atoms with van der Waals surface area (Å²) in [4.78, 5) is 0. The number of nitrogens with two attached hydrogens (primary N) is 1. The summed E-state index contributed by atoms with van der Waals surface area (Å²) < 4.78 is 11.3. The van der Waals surface area contributed by atoms with Crippen LogP contribution in [-0.2, 0) is 0 Å². The fourth-order valence-electron chi connectivity index (χ4n) is 1.15. The van der Waals surface area contributed by atoms with Crippen LogP contribution in [0.15, 0.2) is 27.2 Å². The van der Waals surface area contributed by atoms with Gasteiger partial charge in [0.05, 0.1) is 5.39 Å². The van der Waals surface area contributed by atoms with Gasteiger partial charge in [-0.3, -0.25) is 0 Å². The van der Waals surface area contributed by atoms with Gasteiger partial charge in [-0.2, -0.15) is 0 Å². The summed E-state index contributed by atoms with van der Waals surface area (Å²) in [5.41, 5.74) is 6.03. The average molecular weight is 257 g/mol. The van der Waals surface area contributed by atoms with Crippen molar-refractivity contribution < 1.29 is 9.26 Å². The van der Waals surface area contributed by atoms with E-state index in [0.717, 1.165) is 9.86 Å². The molecule has 0 amide bonds. The highest BCUT2D eigenvalue weighted by molar-refractivity contribution is 9.10. The summed E-state index contributed by atoms with van der Waals surface area (Å²) in [5.74, 6) is 0.492. The average Bonchev–Trinajstić information content (AvgIpc) is 2.57. The molecule has 0 unspecified atom stereocenters. The Morgan fingerprint density at radius 2 is 2.36 bits per heavy atom. The number of hydrogen-bond donors (Lipinski definition) is 1. The third-order valence-electron chi connectivity index (χ3n) is 1.76. The van der Waals surface area contributed by atoms with Crippen LogP contribution in [0.5, 0.6) is 5.88 Å². The van der Waals surface area contributed by atoms with Crippen molar-refractivity contribution in [2.24, 2.45) is 5.73 Å². The monoisotopic (exact) mass is 256 g/mol. The Kier molecular flexibility index (Phi) is 2.69. The van der Waals surface area contributed by atoms with Gasteiger partial charge in [0, 0.05) is 11.0 Å². The highest BCUT2D eigenvalue weighted by Gasteiger charge is 2.08. The number of fused-ring (bicyclic) bond motifs is 1. The van der Waals surface area contributed by atoms with E-state index in [1.54, 1.807) is 0 Å². The topological polar surface area (TPSA) is 61.3 Å². The largest absolute Gasteiger partial charge is 0.474 e. The molecule has 1 heterocycles. The molecule has 0 spiro atoms. The van der Waals surface area contributed by atoms with Crippen LogP contribution in [0, 0.1) is 0 Å². The smallest absolute Gasteiger partial charge is 0.262 e. The Hall–Kier alpha value is -1.07. The van der Waals surface area contributed by atoms with E-state index in [9.17, 15) is 0 Å². The Morgan fingerprint density at radius 1 is 1.50 bits per heavy atom. The highest BCUT2D eigenvalue weighted by atomic mass is 79.9. The minimum Gasteiger partial charge on any atom is -0.474 e. The Balaban J connectivity index is 2.40. The number of nitrogens with zero attached hydrogens (tertiary/aromatic N) is 1. The van der Waals surface area contributed by atoms with Crippen molar-refractivity contribution in [2.75, 3.05) is 13.2 Å². The fraction of sp³-hybridized carbons (Fsp3) is 0.222. The predicted molar refractivity (Wildman–Crippen MR) is 56.3 cm³/mol. The summed E-state index contributed by atoms with van der Waals surface area (Å²) in [5, 5.41) is 4.65. The molecule has 0 aliphatic carbocycles. The van der Waals surface area contributed by atoms with Crippen LogP contribution in [0.1, 0.15) is 0 Å². The van der Waals surface area contributed by atoms with Gasteiger partial charge in [-0.15, -0.1) is 0 Å². The molecule has 0 radical (unpaired) electrons. The van der Waals surface area contributed by atoms with Gasteiger partial charge in [0.1, 0.15) is 6.61 Å². The van der Waals surface area contributed by atoms with E-state index in [0.29, 0.717) is 24.6 Å². The van der Waals surface area contributed by atoms with Crippen molar-refractivity contribution in [1.29, 1.82) is 0 Å². The standard InChI is InChI=1S/C9H9BrN2O2/c10-6-1-2-8-7(5-6)9(12-14-8)13-4-3-11/h1-2,5H,3-4,11H2. The molecule has 0 saturated carbocycles. The summed E-state index contributed by atoms with van der Waals surface area (Å²) in [6.07, 6.45) is 0. The van der Waals surface area contributed by atoms with Gasteiger partial charge < -0.3 is 15.0 Å². The van der Waals surface area contributed by atoms with Crippen LogP contribution in [0.2, 0.25) is 0 Å². The fourth-order valence-corrected chi connectivity index (χ4v) is 1.51. The lowest BCUT2D eigenvalue weighted by Gasteiger charge is -1.98. The highest BCUT2D eigenvalue weighted by Crippen LogP contribution is 2.27. The van der Waals surface area contributed by atoms with E-state index >= 15 is 0 Å². The Labute approximate surface area is 89.1 Å². The molecule has 2 aromatic rings. The molecule has 0 atom stereocenters. The summed E-state index contributed by atoms with van der Waals surface area (Å²) in [6, 6.07) is 5.62. The van der Waals surface area contributed by atoms with Crippen molar-refractivity contribution in [3.05, 3.63) is 22.7 Å². The number of hydrogen-bond acceptors (Lipinski definition) is 4. The minimum atomic E-state index is 0.439. The Bertz CT molecular complexity index is 441. The van der Waals surface area contributed by atoms with E-state index < -0.39 is 0 Å². The molecule has 0 aliphatic rings. The van der Waals surface area contributed by atoms with Gasteiger partial charge in [-0.05, 0) is 23.4 Å². The Morgan fingerprint density at radius 3 is 3.14 bits per heavy atom. The lowest BCUT2D eigenvalue weighted by atomic mass is 10.3. The predicted octanol–water partition coefficient (Wildman–Crippen LogP) is 1.93. The lowest BCUT2D eigenvalue weighted by Crippen LogP contribution is -2.10. The van der Waals surface area contributed by atoms with Crippen molar-refractivity contribution in [1.82, 2.24) is 5.16 Å². The zero-order valence-corrected chi connectivity index (χ0v) is 8.95. The first-order valence-corrected chi connectivity index (χ1v) is 4.98. The van der Waals surface area contributed by atoms with Crippen molar-refractivity contribution in [3.8, 4) is 5.88 Å². The molecule has 5 heteroatoms. The molecule has 1 aromatic heterocycles. The van der Waals surface area contributed by atoms with Gasteiger partial charge >= 0.3 is 0 Å². The number of benzene rings is 1. The third-order valence-corrected chi connectivity index (χ3v) is 2.25.